The average molecular weight is 597 g/mol. The van der Waals surface area contributed by atoms with Crippen LogP contribution in [0.15, 0.2) is 12.2 Å². The number of carbonyl (C=O) groups excluding carboxylic acids is 7. The fraction of sp³-hybridized carbons (Fsp3) is 0.654. The fourth-order valence-corrected chi connectivity index (χ4v) is 3.85. The van der Waals surface area contributed by atoms with Gasteiger partial charge in [-0.15, -0.1) is 0 Å². The molecule has 8 amide bonds. The van der Waals surface area contributed by atoms with Crippen molar-refractivity contribution in [2.45, 2.75) is 51.6 Å². The van der Waals surface area contributed by atoms with Crippen LogP contribution in [0.3, 0.4) is 0 Å². The number of hydrogen-bond donors (Lipinski definition) is 7. The van der Waals surface area contributed by atoms with Crippen LogP contribution in [0.5, 0.6) is 0 Å². The molecule has 236 valence electrons. The maximum Gasteiger partial charge on any atom is 0.312 e. The SMILES string of the molecule is CNC(=O)[C@H](CCCNC(N)=O)NC(=O)[C@@H](NCCNC(=O)CCOCCNC(=O)CCN1C(=O)C=CC1=O)C(C)C. The van der Waals surface area contributed by atoms with Gasteiger partial charge < -0.3 is 42.4 Å². The quantitative estimate of drug-likeness (QED) is 0.0536. The largest absolute Gasteiger partial charge is 0.379 e. The summed E-state index contributed by atoms with van der Waals surface area (Å²) in [4.78, 5) is 83.7. The van der Waals surface area contributed by atoms with Crippen molar-refractivity contribution >= 4 is 41.5 Å². The number of likely N-dealkylation sites (N-methyl/N-ethyl adjacent to an activating group) is 1. The van der Waals surface area contributed by atoms with Gasteiger partial charge in [0.25, 0.3) is 11.8 Å². The van der Waals surface area contributed by atoms with Crippen molar-refractivity contribution in [3.05, 3.63) is 12.2 Å². The highest BCUT2D eigenvalue weighted by Crippen LogP contribution is 2.05. The van der Waals surface area contributed by atoms with Crippen LogP contribution in [0.4, 0.5) is 4.79 Å². The Balaban J connectivity index is 2.23. The number of primary amides is 1. The Hall–Kier alpha value is -4.05. The molecule has 0 aliphatic carbocycles. The number of nitrogens with two attached hydrogens (primary N) is 1. The molecule has 16 heteroatoms. The number of imide groups is 1. The van der Waals surface area contributed by atoms with Crippen molar-refractivity contribution in [2.75, 3.05) is 53.0 Å². The summed E-state index contributed by atoms with van der Waals surface area (Å²) >= 11 is 0. The van der Waals surface area contributed by atoms with E-state index in [1.807, 2.05) is 13.8 Å². The second kappa shape index (κ2) is 19.9. The Kier molecular flexibility index (Phi) is 17.1. The molecule has 1 heterocycles. The standard InChI is InChI=1S/C26H44N8O8/c1-17(2)23(25(40)33-18(24(39)28-3)5-4-10-32-26(27)41)31-12-11-29-20(36)9-15-42-16-13-30-19(35)8-14-34-21(37)6-7-22(34)38/h6-7,17-18,23,31H,4-5,8-16H2,1-3H3,(H,28,39)(H,29,36)(H,30,35)(H,33,40)(H3,27,32,41)/t18-,23-/m0/s1. The molecule has 0 bridgehead atoms. The first kappa shape index (κ1) is 36.0. The molecular formula is C26H44N8O8. The van der Waals surface area contributed by atoms with E-state index in [9.17, 15) is 33.6 Å². The molecule has 0 aromatic rings. The van der Waals surface area contributed by atoms with Crippen LogP contribution in [0.25, 0.3) is 0 Å². The van der Waals surface area contributed by atoms with Gasteiger partial charge in [0.1, 0.15) is 6.04 Å². The van der Waals surface area contributed by atoms with Crippen molar-refractivity contribution in [1.82, 2.24) is 36.8 Å². The van der Waals surface area contributed by atoms with Crippen molar-refractivity contribution in [1.29, 1.82) is 0 Å². The third-order valence-corrected chi connectivity index (χ3v) is 6.11. The molecule has 8 N–H and O–H groups in total. The van der Waals surface area contributed by atoms with Gasteiger partial charge in [-0.2, -0.15) is 0 Å². The molecule has 0 unspecified atom stereocenters. The number of nitrogens with zero attached hydrogens (tertiary/aromatic N) is 1. The third kappa shape index (κ3) is 14.5. The summed E-state index contributed by atoms with van der Waals surface area (Å²) in [5.74, 6) is -2.26. The number of hydrogen-bond acceptors (Lipinski definition) is 9. The molecule has 0 aromatic heterocycles. The second-order valence-electron chi connectivity index (χ2n) is 9.76. The normalized spacial score (nSPS) is 14.0. The molecule has 16 nitrogen and oxygen atoms in total. The summed E-state index contributed by atoms with van der Waals surface area (Å²) < 4.78 is 5.35. The number of ether oxygens (including phenoxy) is 1. The van der Waals surface area contributed by atoms with Gasteiger partial charge in [0.05, 0.1) is 19.3 Å². The van der Waals surface area contributed by atoms with Crippen molar-refractivity contribution in [3.63, 3.8) is 0 Å². The number of carbonyl (C=O) groups is 7. The predicted molar refractivity (Wildman–Crippen MR) is 151 cm³/mol. The monoisotopic (exact) mass is 596 g/mol. The molecule has 42 heavy (non-hydrogen) atoms. The Bertz CT molecular complexity index is 969. The Morgan fingerprint density at radius 3 is 2.12 bits per heavy atom. The van der Waals surface area contributed by atoms with E-state index in [1.165, 1.54) is 7.05 Å². The van der Waals surface area contributed by atoms with Crippen LogP contribution in [0, 0.1) is 5.92 Å². The lowest BCUT2D eigenvalue weighted by Crippen LogP contribution is -2.54. The molecule has 0 saturated heterocycles. The first-order valence-corrected chi connectivity index (χ1v) is 13.9. The van der Waals surface area contributed by atoms with E-state index in [1.54, 1.807) is 0 Å². The van der Waals surface area contributed by atoms with E-state index in [0.29, 0.717) is 19.4 Å². The summed E-state index contributed by atoms with van der Waals surface area (Å²) in [5, 5.41) is 16.1. The highest BCUT2D eigenvalue weighted by atomic mass is 16.5. The van der Waals surface area contributed by atoms with E-state index in [4.69, 9.17) is 10.5 Å². The smallest absolute Gasteiger partial charge is 0.312 e. The lowest BCUT2D eigenvalue weighted by molar-refractivity contribution is -0.137. The number of rotatable bonds is 21. The van der Waals surface area contributed by atoms with Crippen LogP contribution in [0.2, 0.25) is 0 Å². The topological polar surface area (TPSA) is 230 Å². The first-order chi connectivity index (χ1) is 20.0. The molecule has 0 saturated carbocycles. The minimum Gasteiger partial charge on any atom is -0.379 e. The van der Waals surface area contributed by atoms with Gasteiger partial charge in [0, 0.05) is 64.8 Å². The lowest BCUT2D eigenvalue weighted by atomic mass is 10.0. The highest BCUT2D eigenvalue weighted by molar-refractivity contribution is 6.13. The molecule has 1 aliphatic rings. The first-order valence-electron chi connectivity index (χ1n) is 13.9. The molecule has 0 aromatic carbocycles. The zero-order chi connectivity index (χ0) is 31.5. The summed E-state index contributed by atoms with van der Waals surface area (Å²) in [5.41, 5.74) is 5.04. The van der Waals surface area contributed by atoms with Crippen LogP contribution < -0.4 is 37.6 Å². The minimum atomic E-state index is -0.780. The van der Waals surface area contributed by atoms with Crippen molar-refractivity contribution in [2.24, 2.45) is 11.7 Å². The maximum absolute atomic E-state index is 12.9. The molecular weight excluding hydrogens is 552 g/mol. The third-order valence-electron chi connectivity index (χ3n) is 6.11. The maximum atomic E-state index is 12.9. The summed E-state index contributed by atoms with van der Waals surface area (Å²) in [6.45, 7) is 5.11. The number of nitrogens with one attached hydrogen (secondary N) is 6. The predicted octanol–water partition coefficient (Wildman–Crippen LogP) is -2.77. The lowest BCUT2D eigenvalue weighted by Gasteiger charge is -2.25. The zero-order valence-corrected chi connectivity index (χ0v) is 24.5. The molecule has 2 atom stereocenters. The zero-order valence-electron chi connectivity index (χ0n) is 24.5. The average Bonchev–Trinajstić information content (AvgIpc) is 3.26. The molecule has 0 fully saturated rings. The fourth-order valence-electron chi connectivity index (χ4n) is 3.85. The Morgan fingerprint density at radius 1 is 0.857 bits per heavy atom. The number of amides is 8. The summed E-state index contributed by atoms with van der Waals surface area (Å²) in [6.07, 6.45) is 3.16. The molecule has 1 rings (SSSR count). The van der Waals surface area contributed by atoms with Gasteiger partial charge in [0.15, 0.2) is 0 Å². The van der Waals surface area contributed by atoms with Gasteiger partial charge >= 0.3 is 6.03 Å². The van der Waals surface area contributed by atoms with Gasteiger partial charge in [-0.25, -0.2) is 4.79 Å². The van der Waals surface area contributed by atoms with Crippen molar-refractivity contribution in [3.8, 4) is 0 Å². The highest BCUT2D eigenvalue weighted by Gasteiger charge is 2.27. The van der Waals surface area contributed by atoms with Gasteiger partial charge in [-0.1, -0.05) is 13.8 Å². The van der Waals surface area contributed by atoms with E-state index in [-0.39, 0.29) is 81.8 Å². The van der Waals surface area contributed by atoms with E-state index in [0.717, 1.165) is 17.1 Å². The summed E-state index contributed by atoms with van der Waals surface area (Å²) in [6, 6.07) is -2.05. The van der Waals surface area contributed by atoms with Gasteiger partial charge in [0.2, 0.25) is 23.6 Å². The van der Waals surface area contributed by atoms with Gasteiger partial charge in [-0.3, -0.25) is 33.7 Å². The molecule has 0 radical (unpaired) electrons. The van der Waals surface area contributed by atoms with E-state index in [2.05, 4.69) is 31.9 Å². The van der Waals surface area contributed by atoms with E-state index >= 15 is 0 Å². The Morgan fingerprint density at radius 2 is 1.50 bits per heavy atom. The van der Waals surface area contributed by atoms with E-state index < -0.39 is 29.9 Å². The summed E-state index contributed by atoms with van der Waals surface area (Å²) in [7, 11) is 1.47. The Labute approximate surface area is 245 Å². The molecule has 0 spiro atoms. The van der Waals surface area contributed by atoms with Crippen molar-refractivity contribution < 1.29 is 38.3 Å². The van der Waals surface area contributed by atoms with Crippen LogP contribution in [-0.4, -0.2) is 111 Å². The van der Waals surface area contributed by atoms with Crippen LogP contribution in [0.1, 0.15) is 39.5 Å². The second-order valence-corrected chi connectivity index (χ2v) is 9.76. The minimum absolute atomic E-state index is 0.00308. The van der Waals surface area contributed by atoms with Crippen LogP contribution >= 0.6 is 0 Å². The molecule has 1 aliphatic heterocycles. The van der Waals surface area contributed by atoms with Crippen LogP contribution in [-0.2, 0) is 33.5 Å². The number of urea groups is 1. The van der Waals surface area contributed by atoms with Gasteiger partial charge in [-0.05, 0) is 18.8 Å².